The van der Waals surface area contributed by atoms with Crippen LogP contribution in [0.3, 0.4) is 0 Å². The Morgan fingerprint density at radius 1 is 0.649 bits per heavy atom. The first kappa shape index (κ1) is 28.3. The summed E-state index contributed by atoms with van der Waals surface area (Å²) in [6.45, 7) is 0. The Bertz CT molecular complexity index is 1390. The van der Waals surface area contributed by atoms with Crippen molar-refractivity contribution in [2.24, 2.45) is 10.2 Å². The van der Waals surface area contributed by atoms with Crippen molar-refractivity contribution in [1.29, 1.82) is 0 Å². The van der Waals surface area contributed by atoms with Gasteiger partial charge in [0.05, 0.1) is 29.2 Å². The summed E-state index contributed by atoms with van der Waals surface area (Å²) in [4.78, 5) is 33.8. The average molecular weight is 528 g/mol. The number of carboxylic acid groups (broad SMARTS) is 2. The maximum absolute atomic E-state index is 12.2. The lowest BCUT2D eigenvalue weighted by Crippen LogP contribution is -2.17. The first-order valence-corrected chi connectivity index (χ1v) is 11.4. The van der Waals surface area contributed by atoms with Crippen molar-refractivity contribution in [2.75, 3.05) is 5.43 Å². The maximum atomic E-state index is 12.2. The molecule has 0 unspecified atom stereocenters. The predicted octanol–water partition coefficient (Wildman–Crippen LogP) is 2.64. The van der Waals surface area contributed by atoms with E-state index in [-0.39, 0.29) is 11.1 Å². The van der Waals surface area contributed by atoms with E-state index in [4.69, 9.17) is 27.7 Å². The molecule has 192 valence electrons. The first-order valence-electron chi connectivity index (χ1n) is 10.0. The standard InChI is InChI=1S/C23H18N4O5.H2O4S/c28-21(27-25-14-16-3-7-19(8-4-16)23(31)32)17-9-11-20(12-10-17)26-24-13-15-1-5-18(6-2-15)22(29)30;1-5(2,3)4/h1-14,26H,(H,27,28)(H,29,30)(H,31,32);(H2,1,2,3,4)/b24-13+,25-14+;. The number of anilines is 1. The number of hydrogen-bond acceptors (Lipinski definition) is 8. The molecule has 6 N–H and O–H groups in total. The summed E-state index contributed by atoms with van der Waals surface area (Å²) in [5.74, 6) is -2.41. The minimum Gasteiger partial charge on any atom is -0.478 e. The number of hydrazone groups is 2. The number of nitrogens with one attached hydrogen (secondary N) is 2. The zero-order valence-electron chi connectivity index (χ0n) is 18.7. The fraction of sp³-hybridized carbons (Fsp3) is 0. The number of nitrogens with zero attached hydrogens (tertiary/aromatic N) is 2. The summed E-state index contributed by atoms with van der Waals surface area (Å²) in [6, 6.07) is 18.9. The zero-order valence-corrected chi connectivity index (χ0v) is 19.5. The Hall–Kier alpha value is -4.92. The Balaban J connectivity index is 0.000000877. The SMILES string of the molecule is O=C(O)c1ccc(/C=N/NC(=O)c2ccc(N/N=C/c3ccc(C(=O)O)cc3)cc2)cc1.O=S(=O)(O)O. The molecule has 0 fully saturated rings. The molecule has 0 atom stereocenters. The fourth-order valence-corrected chi connectivity index (χ4v) is 2.53. The van der Waals surface area contributed by atoms with Gasteiger partial charge in [-0.15, -0.1) is 0 Å². The highest BCUT2D eigenvalue weighted by atomic mass is 32.3. The summed E-state index contributed by atoms with van der Waals surface area (Å²) in [7, 11) is -4.67. The van der Waals surface area contributed by atoms with Crippen LogP contribution >= 0.6 is 0 Å². The van der Waals surface area contributed by atoms with Crippen molar-refractivity contribution < 1.29 is 42.1 Å². The lowest BCUT2D eigenvalue weighted by molar-refractivity contribution is 0.0686. The smallest absolute Gasteiger partial charge is 0.394 e. The van der Waals surface area contributed by atoms with E-state index in [0.717, 1.165) is 5.56 Å². The Labute approximate surface area is 210 Å². The van der Waals surface area contributed by atoms with E-state index in [9.17, 15) is 14.4 Å². The molecule has 3 aromatic rings. The van der Waals surface area contributed by atoms with Crippen molar-refractivity contribution in [1.82, 2.24) is 5.43 Å². The van der Waals surface area contributed by atoms with Gasteiger partial charge in [-0.2, -0.15) is 18.6 Å². The van der Waals surface area contributed by atoms with E-state index < -0.39 is 28.2 Å². The van der Waals surface area contributed by atoms with Crippen LogP contribution in [-0.2, 0) is 10.4 Å². The summed E-state index contributed by atoms with van der Waals surface area (Å²) < 4.78 is 31.6. The molecular formula is C23H20N4O9S. The quantitative estimate of drug-likeness (QED) is 0.143. The highest BCUT2D eigenvalue weighted by molar-refractivity contribution is 7.79. The highest BCUT2D eigenvalue weighted by Crippen LogP contribution is 2.10. The molecule has 0 heterocycles. The van der Waals surface area contributed by atoms with Gasteiger partial charge in [-0.3, -0.25) is 19.3 Å². The van der Waals surface area contributed by atoms with Gasteiger partial charge >= 0.3 is 22.3 Å². The van der Waals surface area contributed by atoms with Crippen molar-refractivity contribution >= 4 is 46.4 Å². The Kier molecular flexibility index (Phi) is 10.1. The molecule has 0 aliphatic carbocycles. The zero-order chi connectivity index (χ0) is 27.4. The van der Waals surface area contributed by atoms with Gasteiger partial charge in [0.2, 0.25) is 0 Å². The van der Waals surface area contributed by atoms with Crippen LogP contribution in [0.4, 0.5) is 5.69 Å². The number of carbonyl (C=O) groups excluding carboxylic acids is 1. The van der Waals surface area contributed by atoms with Crippen LogP contribution in [0.5, 0.6) is 0 Å². The molecule has 14 heteroatoms. The third kappa shape index (κ3) is 10.9. The molecule has 0 aliphatic rings. The number of hydrogen-bond donors (Lipinski definition) is 6. The third-order valence-corrected chi connectivity index (χ3v) is 4.25. The van der Waals surface area contributed by atoms with Gasteiger partial charge in [0, 0.05) is 5.56 Å². The number of carbonyl (C=O) groups is 3. The fourth-order valence-electron chi connectivity index (χ4n) is 2.53. The first-order chi connectivity index (χ1) is 17.4. The molecule has 0 aromatic heterocycles. The number of amides is 1. The maximum Gasteiger partial charge on any atom is 0.394 e. The van der Waals surface area contributed by atoms with Gasteiger partial charge in [-0.05, 0) is 59.7 Å². The van der Waals surface area contributed by atoms with Crippen LogP contribution in [-0.4, -0.2) is 58.0 Å². The molecule has 3 aromatic carbocycles. The van der Waals surface area contributed by atoms with Gasteiger partial charge in [-0.1, -0.05) is 24.3 Å². The lowest BCUT2D eigenvalue weighted by atomic mass is 10.1. The number of carboxylic acids is 2. The molecule has 0 saturated carbocycles. The molecule has 0 bridgehead atoms. The molecular weight excluding hydrogens is 508 g/mol. The Morgan fingerprint density at radius 3 is 1.43 bits per heavy atom. The van der Waals surface area contributed by atoms with Gasteiger partial charge < -0.3 is 10.2 Å². The largest absolute Gasteiger partial charge is 0.478 e. The highest BCUT2D eigenvalue weighted by Gasteiger charge is 2.04. The average Bonchev–Trinajstić information content (AvgIpc) is 2.84. The monoisotopic (exact) mass is 528 g/mol. The van der Waals surface area contributed by atoms with Crippen LogP contribution in [0.15, 0.2) is 83.0 Å². The van der Waals surface area contributed by atoms with E-state index in [1.165, 1.54) is 30.5 Å². The summed E-state index contributed by atoms with van der Waals surface area (Å²) in [6.07, 6.45) is 2.96. The predicted molar refractivity (Wildman–Crippen MR) is 134 cm³/mol. The molecule has 3 rings (SSSR count). The second kappa shape index (κ2) is 13.2. The van der Waals surface area contributed by atoms with Crippen molar-refractivity contribution in [3.63, 3.8) is 0 Å². The van der Waals surface area contributed by atoms with E-state index in [1.807, 2.05) is 0 Å². The van der Waals surface area contributed by atoms with E-state index in [0.29, 0.717) is 16.8 Å². The van der Waals surface area contributed by atoms with Gasteiger partial charge in [0.25, 0.3) is 5.91 Å². The van der Waals surface area contributed by atoms with Crippen molar-refractivity contribution in [3.05, 3.63) is 101 Å². The van der Waals surface area contributed by atoms with Crippen molar-refractivity contribution in [3.8, 4) is 0 Å². The number of benzene rings is 3. The molecule has 0 radical (unpaired) electrons. The van der Waals surface area contributed by atoms with Gasteiger partial charge in [-0.25, -0.2) is 15.0 Å². The molecule has 0 spiro atoms. The van der Waals surface area contributed by atoms with E-state index >= 15 is 0 Å². The molecule has 13 nitrogen and oxygen atoms in total. The summed E-state index contributed by atoms with van der Waals surface area (Å²) >= 11 is 0. The van der Waals surface area contributed by atoms with E-state index in [2.05, 4.69) is 21.1 Å². The molecule has 0 saturated heterocycles. The lowest BCUT2D eigenvalue weighted by Gasteiger charge is -2.03. The van der Waals surface area contributed by atoms with Crippen LogP contribution in [0, 0.1) is 0 Å². The number of aromatic carboxylic acids is 2. The van der Waals surface area contributed by atoms with Gasteiger partial charge in [0.15, 0.2) is 0 Å². The molecule has 0 aliphatic heterocycles. The second-order valence-electron chi connectivity index (χ2n) is 6.95. The third-order valence-electron chi connectivity index (χ3n) is 4.25. The molecule has 1 amide bonds. The number of rotatable bonds is 8. The van der Waals surface area contributed by atoms with Crippen LogP contribution < -0.4 is 10.9 Å². The normalized spacial score (nSPS) is 11.0. The van der Waals surface area contributed by atoms with Crippen LogP contribution in [0.2, 0.25) is 0 Å². The van der Waals surface area contributed by atoms with Gasteiger partial charge in [0.1, 0.15) is 0 Å². The summed E-state index contributed by atoms with van der Waals surface area (Å²) in [5.41, 5.74) is 8.01. The minimum atomic E-state index is -4.67. The minimum absolute atomic E-state index is 0.167. The molecule has 37 heavy (non-hydrogen) atoms. The second-order valence-corrected chi connectivity index (χ2v) is 7.84. The van der Waals surface area contributed by atoms with Crippen LogP contribution in [0.1, 0.15) is 42.2 Å². The Morgan fingerprint density at radius 2 is 1.03 bits per heavy atom. The topological polar surface area (TPSA) is 215 Å². The van der Waals surface area contributed by atoms with Crippen LogP contribution in [0.25, 0.3) is 0 Å². The van der Waals surface area contributed by atoms with Crippen molar-refractivity contribution in [2.45, 2.75) is 0 Å². The van der Waals surface area contributed by atoms with E-state index in [1.54, 1.807) is 54.7 Å². The summed E-state index contributed by atoms with van der Waals surface area (Å²) in [5, 5.41) is 25.7.